The molecule has 154 valence electrons. The zero-order valence-electron chi connectivity index (χ0n) is 15.6. The van der Waals surface area contributed by atoms with Crippen molar-refractivity contribution in [2.75, 3.05) is 21.6 Å². The minimum atomic E-state index is -3.76. The summed E-state index contributed by atoms with van der Waals surface area (Å²) >= 11 is 14.7. The van der Waals surface area contributed by atoms with E-state index in [0.717, 1.165) is 20.7 Å². The summed E-state index contributed by atoms with van der Waals surface area (Å²) in [7, 11) is -3.76. The van der Waals surface area contributed by atoms with Crippen molar-refractivity contribution in [3.05, 3.63) is 28.2 Å². The predicted molar refractivity (Wildman–Crippen MR) is 117 cm³/mol. The second-order valence-electron chi connectivity index (χ2n) is 6.40. The molecule has 0 fully saturated rings. The van der Waals surface area contributed by atoms with Gasteiger partial charge in [-0.1, -0.05) is 60.1 Å². The number of hydrogen-bond acceptors (Lipinski definition) is 7. The molecule has 0 saturated carbocycles. The number of nitrogens with zero attached hydrogens (tertiary/aromatic N) is 3. The minimum Gasteiger partial charge on any atom is -0.299 e. The first kappa shape index (κ1) is 23.2. The summed E-state index contributed by atoms with van der Waals surface area (Å²) in [5.74, 6) is 0.854. The SMILES string of the molecule is CC(C)CSc1nnc(NC(=O)C(C)N(c2ccc(Cl)c(Cl)c2)S(C)(=O)=O)s1. The van der Waals surface area contributed by atoms with Gasteiger partial charge >= 0.3 is 0 Å². The van der Waals surface area contributed by atoms with Gasteiger partial charge < -0.3 is 0 Å². The minimum absolute atomic E-state index is 0.191. The summed E-state index contributed by atoms with van der Waals surface area (Å²) in [6.45, 7) is 5.68. The fourth-order valence-electron chi connectivity index (χ4n) is 2.20. The molecule has 1 N–H and O–H groups in total. The highest BCUT2D eigenvalue weighted by Crippen LogP contribution is 2.30. The zero-order chi connectivity index (χ0) is 21.1. The average molecular weight is 483 g/mol. The molecule has 2 rings (SSSR count). The Balaban J connectivity index is 2.19. The van der Waals surface area contributed by atoms with Gasteiger partial charge in [-0.2, -0.15) is 0 Å². The number of carbonyl (C=O) groups excluding carboxylic acids is 1. The van der Waals surface area contributed by atoms with Crippen molar-refractivity contribution in [1.82, 2.24) is 10.2 Å². The number of halogens is 2. The van der Waals surface area contributed by atoms with E-state index < -0.39 is 22.0 Å². The maximum absolute atomic E-state index is 12.7. The zero-order valence-corrected chi connectivity index (χ0v) is 19.6. The number of anilines is 2. The van der Waals surface area contributed by atoms with E-state index in [9.17, 15) is 13.2 Å². The molecule has 0 aliphatic heterocycles. The molecule has 1 aromatic carbocycles. The molecule has 12 heteroatoms. The van der Waals surface area contributed by atoms with Gasteiger partial charge in [0, 0.05) is 5.75 Å². The Kier molecular flexibility index (Phi) is 7.97. The van der Waals surface area contributed by atoms with E-state index >= 15 is 0 Å². The molecule has 1 aromatic heterocycles. The molecular weight excluding hydrogens is 463 g/mol. The first-order valence-corrected chi connectivity index (χ1v) is 12.6. The topological polar surface area (TPSA) is 92.3 Å². The lowest BCUT2D eigenvalue weighted by molar-refractivity contribution is -0.116. The molecular formula is C16H20Cl2N4O3S3. The summed E-state index contributed by atoms with van der Waals surface area (Å²) in [6.07, 6.45) is 1.02. The number of hydrogen-bond donors (Lipinski definition) is 1. The van der Waals surface area contributed by atoms with Crippen molar-refractivity contribution in [1.29, 1.82) is 0 Å². The number of aromatic nitrogens is 2. The van der Waals surface area contributed by atoms with Gasteiger partial charge in [-0.15, -0.1) is 10.2 Å². The van der Waals surface area contributed by atoms with E-state index in [4.69, 9.17) is 23.2 Å². The molecule has 0 radical (unpaired) electrons. The van der Waals surface area contributed by atoms with Crippen LogP contribution in [0, 0.1) is 5.92 Å². The van der Waals surface area contributed by atoms with Gasteiger partial charge in [-0.25, -0.2) is 8.42 Å². The van der Waals surface area contributed by atoms with E-state index in [0.29, 0.717) is 11.0 Å². The van der Waals surface area contributed by atoms with Crippen molar-refractivity contribution in [2.45, 2.75) is 31.2 Å². The number of amides is 1. The lowest BCUT2D eigenvalue weighted by atomic mass is 10.2. The fraction of sp³-hybridized carbons (Fsp3) is 0.438. The second-order valence-corrected chi connectivity index (χ2v) is 11.3. The molecule has 0 saturated heterocycles. The van der Waals surface area contributed by atoms with Crippen LogP contribution in [-0.4, -0.2) is 42.6 Å². The van der Waals surface area contributed by atoms with Gasteiger partial charge in [-0.3, -0.25) is 14.4 Å². The third-order valence-corrected chi connectivity index (χ3v) is 7.80. The van der Waals surface area contributed by atoms with Crippen LogP contribution in [0.15, 0.2) is 22.5 Å². The van der Waals surface area contributed by atoms with Crippen LogP contribution in [-0.2, 0) is 14.8 Å². The van der Waals surface area contributed by atoms with Crippen LogP contribution in [0.5, 0.6) is 0 Å². The summed E-state index contributed by atoms with van der Waals surface area (Å²) in [4.78, 5) is 12.7. The maximum Gasteiger partial charge on any atom is 0.249 e. The molecule has 0 spiro atoms. The maximum atomic E-state index is 12.7. The first-order valence-electron chi connectivity index (χ1n) is 8.20. The molecule has 7 nitrogen and oxygen atoms in total. The van der Waals surface area contributed by atoms with Gasteiger partial charge in [0.05, 0.1) is 22.0 Å². The van der Waals surface area contributed by atoms with Crippen LogP contribution in [0.2, 0.25) is 10.0 Å². The third-order valence-electron chi connectivity index (χ3n) is 3.42. The van der Waals surface area contributed by atoms with Gasteiger partial charge in [0.2, 0.25) is 21.1 Å². The number of rotatable bonds is 8. The number of thioether (sulfide) groups is 1. The van der Waals surface area contributed by atoms with Gasteiger partial charge in [0.1, 0.15) is 6.04 Å². The number of carbonyl (C=O) groups is 1. The molecule has 1 atom stereocenters. The van der Waals surface area contributed by atoms with Crippen LogP contribution in [0.4, 0.5) is 10.8 Å². The Morgan fingerprint density at radius 1 is 1.25 bits per heavy atom. The molecule has 0 aliphatic carbocycles. The standard InChI is InChI=1S/C16H20Cl2N4O3S3/c1-9(2)8-26-16-21-20-15(27-16)19-14(23)10(3)22(28(4,24)25)11-5-6-12(17)13(18)7-11/h5-7,9-10H,8H2,1-4H3,(H,19,20,23). The van der Waals surface area contributed by atoms with Crippen LogP contribution in [0.25, 0.3) is 0 Å². The van der Waals surface area contributed by atoms with Gasteiger partial charge in [-0.05, 0) is 31.0 Å². The number of nitrogens with one attached hydrogen (secondary N) is 1. The monoisotopic (exact) mass is 482 g/mol. The van der Waals surface area contributed by atoms with Crippen LogP contribution >= 0.6 is 46.3 Å². The van der Waals surface area contributed by atoms with Gasteiger partial charge in [0.15, 0.2) is 4.34 Å². The van der Waals surface area contributed by atoms with Crippen molar-refractivity contribution in [3.8, 4) is 0 Å². The lowest BCUT2D eigenvalue weighted by Crippen LogP contribution is -2.45. The Bertz CT molecular complexity index is 950. The summed E-state index contributed by atoms with van der Waals surface area (Å²) < 4.78 is 26.4. The van der Waals surface area contributed by atoms with Crippen LogP contribution in [0.1, 0.15) is 20.8 Å². The molecule has 1 amide bonds. The van der Waals surface area contributed by atoms with E-state index in [1.54, 1.807) is 11.8 Å². The van der Waals surface area contributed by atoms with E-state index in [1.807, 2.05) is 0 Å². The van der Waals surface area contributed by atoms with Crippen molar-refractivity contribution >= 4 is 73.0 Å². The van der Waals surface area contributed by atoms with Crippen LogP contribution in [0.3, 0.4) is 0 Å². The largest absolute Gasteiger partial charge is 0.299 e. The quantitative estimate of drug-likeness (QED) is 0.442. The van der Waals surface area contributed by atoms with Crippen molar-refractivity contribution in [2.24, 2.45) is 5.92 Å². The summed E-state index contributed by atoms with van der Waals surface area (Å²) in [5, 5.41) is 11.4. The first-order chi connectivity index (χ1) is 13.0. The summed E-state index contributed by atoms with van der Waals surface area (Å²) in [6, 6.07) is 3.33. The van der Waals surface area contributed by atoms with E-state index in [-0.39, 0.29) is 15.7 Å². The Labute approximate surface area is 182 Å². The molecule has 0 aliphatic rings. The molecule has 2 aromatic rings. The van der Waals surface area contributed by atoms with E-state index in [2.05, 4.69) is 29.4 Å². The molecule has 0 bridgehead atoms. The number of benzene rings is 1. The average Bonchev–Trinajstić information content (AvgIpc) is 3.02. The second kappa shape index (κ2) is 9.62. The highest BCUT2D eigenvalue weighted by molar-refractivity contribution is 8.01. The van der Waals surface area contributed by atoms with Crippen molar-refractivity contribution < 1.29 is 13.2 Å². The van der Waals surface area contributed by atoms with E-state index in [1.165, 1.54) is 36.5 Å². The highest BCUT2D eigenvalue weighted by Gasteiger charge is 2.30. The predicted octanol–water partition coefficient (Wildman–Crippen LogP) is 4.39. The number of sulfonamides is 1. The lowest BCUT2D eigenvalue weighted by Gasteiger charge is -2.28. The molecule has 1 heterocycles. The van der Waals surface area contributed by atoms with Gasteiger partial charge in [0.25, 0.3) is 0 Å². The van der Waals surface area contributed by atoms with Crippen molar-refractivity contribution in [3.63, 3.8) is 0 Å². The highest BCUT2D eigenvalue weighted by atomic mass is 35.5. The Morgan fingerprint density at radius 3 is 2.50 bits per heavy atom. The Morgan fingerprint density at radius 2 is 1.93 bits per heavy atom. The normalized spacial score (nSPS) is 12.8. The molecule has 1 unspecified atom stereocenters. The third kappa shape index (κ3) is 6.21. The van der Waals surface area contributed by atoms with Crippen LogP contribution < -0.4 is 9.62 Å². The Hall–Kier alpha value is -1.07. The molecule has 28 heavy (non-hydrogen) atoms. The fourth-order valence-corrected chi connectivity index (χ4v) is 5.39. The summed E-state index contributed by atoms with van der Waals surface area (Å²) in [5.41, 5.74) is 0.241. The smallest absolute Gasteiger partial charge is 0.249 e.